The SMILES string of the molecule is Clc1cccc([Si](c2ccccc2)(c2ccccc2)c2ccc(-c3cccc(-c4cnc(-c5ccccc5)c(-c5ccccc5)n4)c3)cc2)c1. The Morgan fingerprint density at radius 2 is 0.840 bits per heavy atom. The van der Waals surface area contributed by atoms with Crippen LogP contribution in [0.3, 0.4) is 0 Å². The van der Waals surface area contributed by atoms with Gasteiger partial charge in [-0.1, -0.05) is 188 Å². The van der Waals surface area contributed by atoms with Gasteiger partial charge in [0.25, 0.3) is 0 Å². The zero-order valence-electron chi connectivity index (χ0n) is 27.3. The molecular formula is C46H33ClN2Si. The molecule has 0 fully saturated rings. The molecule has 7 aromatic carbocycles. The Kier molecular flexibility index (Phi) is 8.75. The van der Waals surface area contributed by atoms with E-state index in [1.54, 1.807) is 0 Å². The van der Waals surface area contributed by atoms with E-state index in [4.69, 9.17) is 21.6 Å². The highest BCUT2D eigenvalue weighted by Gasteiger charge is 2.41. The normalized spacial score (nSPS) is 11.3. The Labute approximate surface area is 299 Å². The van der Waals surface area contributed by atoms with Gasteiger partial charge in [-0.3, -0.25) is 4.98 Å². The van der Waals surface area contributed by atoms with Crippen LogP contribution in [0.1, 0.15) is 0 Å². The van der Waals surface area contributed by atoms with Gasteiger partial charge in [0.1, 0.15) is 0 Å². The van der Waals surface area contributed by atoms with Gasteiger partial charge < -0.3 is 0 Å². The molecule has 0 saturated heterocycles. The van der Waals surface area contributed by atoms with Gasteiger partial charge in [0.05, 0.1) is 23.3 Å². The van der Waals surface area contributed by atoms with E-state index in [2.05, 4.69) is 152 Å². The van der Waals surface area contributed by atoms with Gasteiger partial charge in [-0.15, -0.1) is 0 Å². The lowest BCUT2D eigenvalue weighted by Crippen LogP contribution is -2.74. The van der Waals surface area contributed by atoms with Gasteiger partial charge in [0.2, 0.25) is 0 Å². The van der Waals surface area contributed by atoms with Crippen LogP contribution in [-0.2, 0) is 0 Å². The van der Waals surface area contributed by atoms with Gasteiger partial charge >= 0.3 is 0 Å². The molecule has 2 nitrogen and oxygen atoms in total. The topological polar surface area (TPSA) is 25.8 Å². The van der Waals surface area contributed by atoms with E-state index in [0.29, 0.717) is 0 Å². The molecule has 0 saturated carbocycles. The quantitative estimate of drug-likeness (QED) is 0.119. The van der Waals surface area contributed by atoms with Gasteiger partial charge in [0, 0.05) is 21.7 Å². The second-order valence-corrected chi connectivity index (χ2v) is 16.6. The van der Waals surface area contributed by atoms with E-state index in [-0.39, 0.29) is 0 Å². The van der Waals surface area contributed by atoms with Crippen LogP contribution in [0.4, 0.5) is 0 Å². The van der Waals surface area contributed by atoms with Crippen molar-refractivity contribution in [2.24, 2.45) is 0 Å². The number of nitrogens with zero attached hydrogens (tertiary/aromatic N) is 2. The largest absolute Gasteiger partial charge is 0.252 e. The number of hydrogen-bond donors (Lipinski definition) is 0. The first-order valence-corrected chi connectivity index (χ1v) is 19.1. The van der Waals surface area contributed by atoms with E-state index >= 15 is 0 Å². The maximum Gasteiger partial charge on any atom is 0.179 e. The molecule has 0 amide bonds. The Bertz CT molecular complexity index is 2320. The van der Waals surface area contributed by atoms with Crippen LogP contribution in [0.15, 0.2) is 200 Å². The maximum absolute atomic E-state index is 6.68. The van der Waals surface area contributed by atoms with Crippen LogP contribution in [-0.4, -0.2) is 18.0 Å². The van der Waals surface area contributed by atoms with Crippen molar-refractivity contribution in [3.8, 4) is 44.9 Å². The van der Waals surface area contributed by atoms with E-state index in [9.17, 15) is 0 Å². The van der Waals surface area contributed by atoms with Crippen LogP contribution < -0.4 is 20.7 Å². The Balaban J connectivity index is 1.22. The number of hydrogen-bond acceptors (Lipinski definition) is 2. The molecule has 0 radical (unpaired) electrons. The first kappa shape index (κ1) is 31.4. The molecule has 238 valence electrons. The predicted molar refractivity (Wildman–Crippen MR) is 212 cm³/mol. The van der Waals surface area contributed by atoms with Crippen LogP contribution in [0.5, 0.6) is 0 Å². The molecule has 1 aromatic heterocycles. The van der Waals surface area contributed by atoms with Gasteiger partial charge in [-0.05, 0) is 50.1 Å². The fourth-order valence-corrected chi connectivity index (χ4v) is 12.1. The molecule has 0 spiro atoms. The molecule has 4 heteroatoms. The number of rotatable bonds is 8. The van der Waals surface area contributed by atoms with Crippen molar-refractivity contribution in [1.82, 2.24) is 9.97 Å². The fourth-order valence-electron chi connectivity index (χ4n) is 7.00. The lowest BCUT2D eigenvalue weighted by molar-refractivity contribution is 1.21. The number of aromatic nitrogens is 2. The standard InChI is InChI=1S/C46H33ClN2Si/c47-39-21-14-26-43(32-39)50(40-22-9-3-10-23-40,41-24-11-4-12-25-41)42-29-27-34(28-30-42)37-19-13-20-38(31-37)44-33-48-45(35-15-5-1-6-16-35)46(49-44)36-17-7-2-8-18-36/h1-33H. The molecule has 0 bridgehead atoms. The minimum atomic E-state index is -2.69. The Morgan fingerprint density at radius 3 is 1.44 bits per heavy atom. The summed E-state index contributed by atoms with van der Waals surface area (Å²) in [5, 5.41) is 5.93. The second-order valence-electron chi connectivity index (χ2n) is 12.3. The summed E-state index contributed by atoms with van der Waals surface area (Å²) in [6.07, 6.45) is 1.89. The van der Waals surface area contributed by atoms with E-state index in [1.807, 2.05) is 48.7 Å². The average Bonchev–Trinajstić information content (AvgIpc) is 3.20. The zero-order chi connectivity index (χ0) is 33.8. The molecule has 0 aliphatic rings. The van der Waals surface area contributed by atoms with Crippen molar-refractivity contribution < 1.29 is 0 Å². The van der Waals surface area contributed by atoms with Crippen LogP contribution >= 0.6 is 11.6 Å². The van der Waals surface area contributed by atoms with Gasteiger partial charge in [-0.2, -0.15) is 0 Å². The molecule has 8 rings (SSSR count). The lowest BCUT2D eigenvalue weighted by atomic mass is 10.0. The van der Waals surface area contributed by atoms with E-state index in [1.165, 1.54) is 20.7 Å². The molecule has 0 N–H and O–H groups in total. The molecule has 50 heavy (non-hydrogen) atoms. The van der Waals surface area contributed by atoms with Crippen molar-refractivity contribution in [2.75, 3.05) is 0 Å². The molecule has 8 aromatic rings. The predicted octanol–water partition coefficient (Wildman–Crippen LogP) is 9.18. The summed E-state index contributed by atoms with van der Waals surface area (Å²) >= 11 is 6.68. The molecular weight excluding hydrogens is 644 g/mol. The summed E-state index contributed by atoms with van der Waals surface area (Å²) in [7, 11) is -2.69. The minimum absolute atomic E-state index is 0.745. The summed E-state index contributed by atoms with van der Waals surface area (Å²) < 4.78 is 0. The number of benzene rings is 7. The zero-order valence-corrected chi connectivity index (χ0v) is 29.1. The van der Waals surface area contributed by atoms with Crippen molar-refractivity contribution in [3.05, 3.63) is 205 Å². The highest BCUT2D eigenvalue weighted by Crippen LogP contribution is 2.32. The fraction of sp³-hybridized carbons (Fsp3) is 0. The third-order valence-corrected chi connectivity index (χ3v) is 14.4. The Morgan fingerprint density at radius 1 is 0.360 bits per heavy atom. The molecule has 0 aliphatic carbocycles. The number of halogens is 1. The van der Waals surface area contributed by atoms with Crippen molar-refractivity contribution in [3.63, 3.8) is 0 Å². The lowest BCUT2D eigenvalue weighted by Gasteiger charge is -2.34. The second kappa shape index (κ2) is 13.9. The average molecular weight is 677 g/mol. The third-order valence-electron chi connectivity index (χ3n) is 9.35. The van der Waals surface area contributed by atoms with E-state index in [0.717, 1.165) is 49.9 Å². The summed E-state index contributed by atoms with van der Waals surface area (Å²) in [5.41, 5.74) is 7.94. The van der Waals surface area contributed by atoms with Crippen LogP contribution in [0.2, 0.25) is 5.02 Å². The van der Waals surface area contributed by atoms with Crippen molar-refractivity contribution >= 4 is 40.4 Å². The smallest absolute Gasteiger partial charge is 0.179 e. The van der Waals surface area contributed by atoms with Crippen LogP contribution in [0.25, 0.3) is 44.9 Å². The molecule has 0 atom stereocenters. The van der Waals surface area contributed by atoms with E-state index < -0.39 is 8.07 Å². The first-order chi connectivity index (χ1) is 24.7. The summed E-state index contributed by atoms with van der Waals surface area (Å²) in [5.74, 6) is 0. The molecule has 1 heterocycles. The van der Waals surface area contributed by atoms with Crippen LogP contribution in [0, 0.1) is 0 Å². The van der Waals surface area contributed by atoms with Gasteiger partial charge in [0.15, 0.2) is 8.07 Å². The summed E-state index contributed by atoms with van der Waals surface area (Å²) in [6, 6.07) is 68.5. The monoisotopic (exact) mass is 676 g/mol. The highest BCUT2D eigenvalue weighted by atomic mass is 35.5. The minimum Gasteiger partial charge on any atom is -0.252 e. The third kappa shape index (κ3) is 5.98. The molecule has 0 aliphatic heterocycles. The van der Waals surface area contributed by atoms with Gasteiger partial charge in [-0.25, -0.2) is 4.98 Å². The maximum atomic E-state index is 6.68. The Hall–Kier alpha value is -5.87. The summed E-state index contributed by atoms with van der Waals surface area (Å²) in [4.78, 5) is 10.2. The highest BCUT2D eigenvalue weighted by molar-refractivity contribution is 7.19. The van der Waals surface area contributed by atoms with Crippen molar-refractivity contribution in [2.45, 2.75) is 0 Å². The first-order valence-electron chi connectivity index (χ1n) is 16.8. The van der Waals surface area contributed by atoms with Crippen molar-refractivity contribution in [1.29, 1.82) is 0 Å². The molecule has 0 unspecified atom stereocenters. The summed E-state index contributed by atoms with van der Waals surface area (Å²) in [6.45, 7) is 0.